The molecule has 5 aromatic rings. The smallest absolute Gasteiger partial charge is 0.297 e. The average molecular weight is 743 g/mol. The van der Waals surface area contributed by atoms with E-state index in [2.05, 4.69) is 0 Å². The van der Waals surface area contributed by atoms with Gasteiger partial charge in [-0.15, -0.1) is 0 Å². The Morgan fingerprint density at radius 2 is 1.47 bits per heavy atom. The van der Waals surface area contributed by atoms with Gasteiger partial charge in [-0.25, -0.2) is 0 Å². The van der Waals surface area contributed by atoms with Crippen LogP contribution in [0.5, 0.6) is 11.5 Å². The molecule has 12 nitrogen and oxygen atoms in total. The van der Waals surface area contributed by atoms with E-state index in [4.69, 9.17) is 9.47 Å². The van der Waals surface area contributed by atoms with Crippen molar-refractivity contribution in [3.8, 4) is 22.9 Å². The Bertz CT molecular complexity index is 2400. The highest BCUT2D eigenvalue weighted by Gasteiger charge is 2.52. The van der Waals surface area contributed by atoms with Crippen LogP contribution in [0, 0.1) is 5.92 Å². The maximum Gasteiger partial charge on any atom is 0.297 e. The third kappa shape index (κ3) is 6.75. The van der Waals surface area contributed by atoms with Gasteiger partial charge in [0, 0.05) is 48.2 Å². The molecule has 3 aromatic carbocycles. The molecule has 2 N–H and O–H groups in total. The van der Waals surface area contributed by atoms with E-state index in [9.17, 15) is 29.4 Å². The Kier molecular flexibility index (Phi) is 10.3. The van der Waals surface area contributed by atoms with Gasteiger partial charge in [0.05, 0.1) is 39.1 Å². The Labute approximate surface area is 317 Å². The summed E-state index contributed by atoms with van der Waals surface area (Å²) >= 11 is 0. The molecule has 2 amide bonds. The Morgan fingerprint density at radius 3 is 2.11 bits per heavy atom. The number of aliphatic hydroxyl groups excluding tert-OH is 1. The van der Waals surface area contributed by atoms with Crippen molar-refractivity contribution in [1.29, 1.82) is 0 Å². The highest BCUT2D eigenvalue weighted by atomic mass is 16.5. The third-order valence-electron chi connectivity index (χ3n) is 10.6. The summed E-state index contributed by atoms with van der Waals surface area (Å²) in [5.41, 5.74) is 1.93. The SMILES string of the molecule is COc1cccn(-c2ccc(CN3C(=O)[C@@](O)([C@@H](C)/C=C/CC(=O)N4Cc5ccccc5C[C@H]4CO)c4cc(-n5cccc(OC)c5=O)ccc43)cc2)c1=O. The summed E-state index contributed by atoms with van der Waals surface area (Å²) in [6.07, 6.45) is 7.12. The maximum atomic E-state index is 14.5. The molecule has 0 spiro atoms. The molecule has 7 rings (SSSR count). The van der Waals surface area contributed by atoms with Gasteiger partial charge in [-0.1, -0.05) is 55.5 Å². The van der Waals surface area contributed by atoms with Crippen LogP contribution in [-0.2, 0) is 34.7 Å². The Morgan fingerprint density at radius 1 is 0.855 bits per heavy atom. The molecule has 0 saturated heterocycles. The fourth-order valence-corrected chi connectivity index (χ4v) is 7.52. The summed E-state index contributed by atoms with van der Waals surface area (Å²) in [7, 11) is 2.85. The molecule has 0 unspecified atom stereocenters. The van der Waals surface area contributed by atoms with Crippen LogP contribution in [0.2, 0.25) is 0 Å². The monoisotopic (exact) mass is 742 g/mol. The van der Waals surface area contributed by atoms with E-state index < -0.39 is 23.0 Å². The molecule has 0 fully saturated rings. The van der Waals surface area contributed by atoms with Crippen molar-refractivity contribution in [2.24, 2.45) is 5.92 Å². The van der Waals surface area contributed by atoms with Crippen molar-refractivity contribution in [3.05, 3.63) is 159 Å². The summed E-state index contributed by atoms with van der Waals surface area (Å²) in [4.78, 5) is 57.2. The molecule has 0 aliphatic carbocycles. The van der Waals surface area contributed by atoms with E-state index in [1.165, 1.54) is 28.3 Å². The number of benzene rings is 3. The molecule has 0 radical (unpaired) electrons. The number of rotatable bonds is 11. The minimum absolute atomic E-state index is 0.00577. The number of methoxy groups -OCH3 is 2. The largest absolute Gasteiger partial charge is 0.491 e. The number of ether oxygens (including phenoxy) is 2. The number of fused-ring (bicyclic) bond motifs is 2. The average Bonchev–Trinajstić information content (AvgIpc) is 3.42. The summed E-state index contributed by atoms with van der Waals surface area (Å²) in [5, 5.41) is 22.6. The lowest BCUT2D eigenvalue weighted by molar-refractivity contribution is -0.139. The van der Waals surface area contributed by atoms with E-state index >= 15 is 0 Å². The summed E-state index contributed by atoms with van der Waals surface area (Å²) < 4.78 is 13.3. The van der Waals surface area contributed by atoms with Crippen LogP contribution in [0.3, 0.4) is 0 Å². The molecule has 0 bridgehead atoms. The van der Waals surface area contributed by atoms with E-state index in [0.717, 1.165) is 16.7 Å². The van der Waals surface area contributed by atoms with Gasteiger partial charge in [0.1, 0.15) is 0 Å². The molecule has 4 heterocycles. The number of amides is 2. The zero-order valence-corrected chi connectivity index (χ0v) is 30.8. The molecule has 3 atom stereocenters. The van der Waals surface area contributed by atoms with Crippen LogP contribution in [0.1, 0.15) is 35.6 Å². The lowest BCUT2D eigenvalue weighted by atomic mass is 9.82. The van der Waals surface area contributed by atoms with Crippen LogP contribution in [0.25, 0.3) is 11.4 Å². The van der Waals surface area contributed by atoms with Crippen molar-refractivity contribution >= 4 is 17.5 Å². The second kappa shape index (κ2) is 15.2. The number of anilines is 1. The molecular formula is C43H42N4O8. The van der Waals surface area contributed by atoms with Crippen LogP contribution in [0.15, 0.2) is 125 Å². The van der Waals surface area contributed by atoms with Crippen LogP contribution in [0.4, 0.5) is 5.69 Å². The first-order valence-corrected chi connectivity index (χ1v) is 18.0. The second-order valence-corrected chi connectivity index (χ2v) is 13.8. The fourth-order valence-electron chi connectivity index (χ4n) is 7.52. The topological polar surface area (TPSA) is 144 Å². The minimum atomic E-state index is -2.06. The van der Waals surface area contributed by atoms with Crippen molar-refractivity contribution in [3.63, 3.8) is 0 Å². The third-order valence-corrected chi connectivity index (χ3v) is 10.6. The highest BCUT2D eigenvalue weighted by Crippen LogP contribution is 2.46. The van der Waals surface area contributed by atoms with E-state index in [-0.39, 0.29) is 48.6 Å². The molecule has 2 aliphatic rings. The van der Waals surface area contributed by atoms with Crippen molar-refractivity contribution in [2.45, 2.75) is 44.5 Å². The lowest BCUT2D eigenvalue weighted by Crippen LogP contribution is -2.46. The normalized spacial score (nSPS) is 18.3. The van der Waals surface area contributed by atoms with Gasteiger partial charge in [0.25, 0.3) is 17.0 Å². The zero-order valence-electron chi connectivity index (χ0n) is 30.8. The summed E-state index contributed by atoms with van der Waals surface area (Å²) in [6, 6.07) is 26.3. The molecule has 0 saturated carbocycles. The van der Waals surface area contributed by atoms with Gasteiger partial charge in [-0.2, -0.15) is 0 Å². The number of carbonyl (C=O) groups excluding carboxylic acids is 2. The van der Waals surface area contributed by atoms with Gasteiger partial charge in [0.2, 0.25) is 5.91 Å². The number of carbonyl (C=O) groups is 2. The van der Waals surface area contributed by atoms with Crippen molar-refractivity contribution < 1.29 is 29.3 Å². The second-order valence-electron chi connectivity index (χ2n) is 13.8. The molecule has 282 valence electrons. The first kappa shape index (κ1) is 37.1. The molecule has 12 heteroatoms. The number of pyridine rings is 2. The van der Waals surface area contributed by atoms with Crippen LogP contribution in [-0.4, -0.2) is 62.9 Å². The van der Waals surface area contributed by atoms with Crippen molar-refractivity contribution in [2.75, 3.05) is 25.7 Å². The van der Waals surface area contributed by atoms with Crippen LogP contribution < -0.4 is 25.5 Å². The quantitative estimate of drug-likeness (QED) is 0.191. The summed E-state index contributed by atoms with van der Waals surface area (Å²) in [6.45, 7) is 2.04. The number of aromatic nitrogens is 2. The predicted octanol–water partition coefficient (Wildman–Crippen LogP) is 4.27. The number of hydrogen-bond acceptors (Lipinski definition) is 8. The minimum Gasteiger partial charge on any atom is -0.491 e. The highest BCUT2D eigenvalue weighted by molar-refractivity contribution is 6.07. The number of nitrogens with zero attached hydrogens (tertiary/aromatic N) is 4. The summed E-state index contributed by atoms with van der Waals surface area (Å²) in [5.74, 6) is -1.20. The maximum absolute atomic E-state index is 14.5. The fraction of sp³-hybridized carbons (Fsp3) is 0.256. The molecule has 2 aromatic heterocycles. The van der Waals surface area contributed by atoms with E-state index in [1.54, 1.807) is 91.0 Å². The van der Waals surface area contributed by atoms with Gasteiger partial charge in [0.15, 0.2) is 17.1 Å². The molecular weight excluding hydrogens is 700 g/mol. The number of aliphatic hydroxyl groups is 2. The van der Waals surface area contributed by atoms with Crippen molar-refractivity contribution in [1.82, 2.24) is 14.0 Å². The van der Waals surface area contributed by atoms with E-state index in [0.29, 0.717) is 35.6 Å². The first-order valence-electron chi connectivity index (χ1n) is 18.0. The van der Waals surface area contributed by atoms with Gasteiger partial charge < -0.3 is 29.5 Å². The first-order chi connectivity index (χ1) is 26.6. The Hall–Kier alpha value is -6.24. The predicted molar refractivity (Wildman–Crippen MR) is 207 cm³/mol. The van der Waals surface area contributed by atoms with Gasteiger partial charge in [-0.05, 0) is 77.7 Å². The Balaban J connectivity index is 1.19. The van der Waals surface area contributed by atoms with Crippen LogP contribution >= 0.6 is 0 Å². The molecule has 55 heavy (non-hydrogen) atoms. The lowest BCUT2D eigenvalue weighted by Gasteiger charge is -2.36. The van der Waals surface area contributed by atoms with Gasteiger partial charge >= 0.3 is 0 Å². The van der Waals surface area contributed by atoms with E-state index in [1.807, 2.05) is 36.4 Å². The standard InChI is InChI=1S/C43H42N4O8/c1-28(9-6-14-39(49)46-26-31-11-5-4-10-30(31)23-34(46)27-48)43(53)35-24-33(45-22-8-13-38(55-3)41(45)51)19-20-36(35)47(42(43)52)25-29-15-17-32(18-16-29)44-21-7-12-37(54-2)40(44)50/h4-13,15-22,24,28,34,48,53H,14,23,25-27H2,1-3H3/b9-6+/t28-,34-,43+/m0/s1. The number of hydrogen-bond donors (Lipinski definition) is 2. The zero-order chi connectivity index (χ0) is 38.9. The molecule has 2 aliphatic heterocycles. The van der Waals surface area contributed by atoms with Gasteiger partial charge in [-0.3, -0.25) is 28.3 Å².